The first kappa shape index (κ1) is 25.0. The van der Waals surface area contributed by atoms with E-state index in [0.29, 0.717) is 29.4 Å². The van der Waals surface area contributed by atoms with Crippen LogP contribution in [0.1, 0.15) is 47.8 Å². The molecule has 7 heteroatoms. The van der Waals surface area contributed by atoms with Gasteiger partial charge in [-0.15, -0.1) is 0 Å². The van der Waals surface area contributed by atoms with Crippen molar-refractivity contribution in [3.63, 3.8) is 0 Å². The van der Waals surface area contributed by atoms with E-state index in [4.69, 9.17) is 9.47 Å². The molecule has 1 saturated heterocycles. The molecular weight excluding hydrogens is 454 g/mol. The van der Waals surface area contributed by atoms with Crippen LogP contribution in [0, 0.1) is 0 Å². The van der Waals surface area contributed by atoms with E-state index >= 15 is 0 Å². The number of rotatable bonds is 9. The molecule has 0 atom stereocenters. The number of nitrogens with one attached hydrogen (secondary N) is 1. The number of ether oxygens (including phenoxy) is 2. The number of aromatic nitrogens is 1. The van der Waals surface area contributed by atoms with Crippen molar-refractivity contribution in [2.45, 2.75) is 26.2 Å². The van der Waals surface area contributed by atoms with Gasteiger partial charge in [-0.05, 0) is 80.3 Å². The van der Waals surface area contributed by atoms with Crippen molar-refractivity contribution in [2.24, 2.45) is 0 Å². The molecule has 1 N–H and O–H groups in total. The minimum atomic E-state index is -0.266. The highest BCUT2D eigenvalue weighted by Gasteiger charge is 2.18. The van der Waals surface area contributed by atoms with Gasteiger partial charge in [-0.3, -0.25) is 14.6 Å². The molecule has 1 aliphatic rings. The van der Waals surface area contributed by atoms with Crippen LogP contribution in [0.4, 0.5) is 5.69 Å². The Hall–Kier alpha value is -4.13. The summed E-state index contributed by atoms with van der Waals surface area (Å²) in [5, 5.41) is 2.93. The maximum Gasteiger partial charge on any atom is 0.260 e. The predicted molar refractivity (Wildman–Crippen MR) is 141 cm³/mol. The Morgan fingerprint density at radius 3 is 2.58 bits per heavy atom. The number of carbonyl (C=O) groups excluding carboxylic acids is 2. The fraction of sp³-hybridized carbons (Fsp3) is 0.276. The number of carbonyl (C=O) groups is 2. The quantitative estimate of drug-likeness (QED) is 0.445. The van der Waals surface area contributed by atoms with Gasteiger partial charge in [-0.2, -0.15) is 0 Å². The van der Waals surface area contributed by atoms with E-state index in [1.807, 2.05) is 66.4 Å². The zero-order valence-electron chi connectivity index (χ0n) is 20.5. The third-order valence-corrected chi connectivity index (χ3v) is 5.84. The fourth-order valence-electron chi connectivity index (χ4n) is 3.99. The summed E-state index contributed by atoms with van der Waals surface area (Å²) >= 11 is 0. The van der Waals surface area contributed by atoms with E-state index in [1.165, 1.54) is 0 Å². The molecule has 1 aromatic heterocycles. The van der Waals surface area contributed by atoms with Crippen molar-refractivity contribution >= 4 is 29.7 Å². The highest BCUT2D eigenvalue weighted by molar-refractivity contribution is 6.04. The lowest BCUT2D eigenvalue weighted by Gasteiger charge is -2.26. The van der Waals surface area contributed by atoms with E-state index in [9.17, 15) is 9.59 Å². The van der Waals surface area contributed by atoms with Crippen LogP contribution < -0.4 is 14.8 Å². The Morgan fingerprint density at radius 1 is 0.944 bits per heavy atom. The molecule has 0 aliphatic carbocycles. The van der Waals surface area contributed by atoms with E-state index in [2.05, 4.69) is 10.3 Å². The summed E-state index contributed by atoms with van der Waals surface area (Å²) < 4.78 is 11.5. The molecule has 4 rings (SSSR count). The average Bonchev–Trinajstić information content (AvgIpc) is 2.92. The van der Waals surface area contributed by atoms with Crippen molar-refractivity contribution in [3.8, 4) is 11.5 Å². The largest absolute Gasteiger partial charge is 0.490 e. The third kappa shape index (κ3) is 6.95. The third-order valence-electron chi connectivity index (χ3n) is 5.84. The predicted octanol–water partition coefficient (Wildman–Crippen LogP) is 5.29. The number of pyridine rings is 1. The van der Waals surface area contributed by atoms with Crippen molar-refractivity contribution < 1.29 is 19.1 Å². The molecule has 36 heavy (non-hydrogen) atoms. The van der Waals surface area contributed by atoms with E-state index in [-0.39, 0.29) is 18.4 Å². The Labute approximate surface area is 211 Å². The van der Waals surface area contributed by atoms with Gasteiger partial charge in [-0.1, -0.05) is 24.3 Å². The van der Waals surface area contributed by atoms with Gasteiger partial charge in [0, 0.05) is 30.5 Å². The summed E-state index contributed by atoms with van der Waals surface area (Å²) in [5.74, 6) is 0.581. The lowest BCUT2D eigenvalue weighted by atomic mass is 10.1. The Kier molecular flexibility index (Phi) is 8.70. The summed E-state index contributed by atoms with van der Waals surface area (Å²) in [6.45, 7) is 3.77. The van der Waals surface area contributed by atoms with Gasteiger partial charge >= 0.3 is 0 Å². The van der Waals surface area contributed by atoms with Crippen molar-refractivity contribution in [1.29, 1.82) is 0 Å². The molecule has 0 radical (unpaired) electrons. The molecular formula is C29H31N3O4. The summed E-state index contributed by atoms with van der Waals surface area (Å²) in [5.41, 5.74) is 2.90. The summed E-state index contributed by atoms with van der Waals surface area (Å²) in [7, 11) is 0. The molecule has 0 saturated carbocycles. The molecule has 3 aromatic rings. The zero-order chi connectivity index (χ0) is 25.2. The Bertz CT molecular complexity index is 1200. The lowest BCUT2D eigenvalue weighted by Crippen LogP contribution is -2.38. The fourth-order valence-corrected chi connectivity index (χ4v) is 3.99. The molecule has 2 aromatic carbocycles. The topological polar surface area (TPSA) is 80.8 Å². The highest BCUT2D eigenvalue weighted by Crippen LogP contribution is 2.29. The Morgan fingerprint density at radius 2 is 1.81 bits per heavy atom. The van der Waals surface area contributed by atoms with Crippen LogP contribution in [0.3, 0.4) is 0 Å². The number of piperidine rings is 1. The second kappa shape index (κ2) is 12.5. The van der Waals surface area contributed by atoms with Crippen LogP contribution in [0.25, 0.3) is 12.2 Å². The number of likely N-dealkylation sites (tertiary alicyclic amines) is 1. The standard InChI is InChI=1S/C29H31N3O4/c1-2-35-27-20-23(13-15-26(27)36-21-28(33)32-17-6-3-7-18-32)29(34)31-25-11-8-9-22(19-25)12-14-24-10-4-5-16-30-24/h4-5,8-16,19-20H,2-3,6-7,17-18,21H2,1H3,(H,31,34). The average molecular weight is 486 g/mol. The number of hydrogen-bond acceptors (Lipinski definition) is 5. The number of nitrogens with zero attached hydrogens (tertiary/aromatic N) is 2. The minimum absolute atomic E-state index is 0.0315. The second-order valence-electron chi connectivity index (χ2n) is 8.49. The number of anilines is 1. The van der Waals surface area contributed by atoms with Gasteiger partial charge in [0.2, 0.25) is 0 Å². The SMILES string of the molecule is CCOc1cc(C(=O)Nc2cccc(C=Cc3ccccn3)c2)ccc1OCC(=O)N1CCCCC1. The summed E-state index contributed by atoms with van der Waals surface area (Å²) in [6.07, 6.45) is 8.84. The van der Waals surface area contributed by atoms with Crippen LogP contribution in [-0.2, 0) is 4.79 Å². The van der Waals surface area contributed by atoms with Crippen LogP contribution in [0.15, 0.2) is 66.9 Å². The van der Waals surface area contributed by atoms with Crippen molar-refractivity contribution in [1.82, 2.24) is 9.88 Å². The van der Waals surface area contributed by atoms with Gasteiger partial charge in [-0.25, -0.2) is 0 Å². The molecule has 0 unspecified atom stereocenters. The van der Waals surface area contributed by atoms with Crippen molar-refractivity contribution in [2.75, 3.05) is 31.6 Å². The molecule has 2 amide bonds. The first-order valence-electron chi connectivity index (χ1n) is 12.3. The smallest absolute Gasteiger partial charge is 0.260 e. The summed E-state index contributed by atoms with van der Waals surface area (Å²) in [4.78, 5) is 31.5. The molecule has 2 heterocycles. The first-order chi connectivity index (χ1) is 17.6. The highest BCUT2D eigenvalue weighted by atomic mass is 16.5. The zero-order valence-corrected chi connectivity index (χ0v) is 20.5. The summed E-state index contributed by atoms with van der Waals surface area (Å²) in [6, 6.07) is 18.3. The Balaban J connectivity index is 1.41. The molecule has 1 fully saturated rings. The van der Waals surface area contributed by atoms with Gasteiger partial charge in [0.1, 0.15) is 0 Å². The number of hydrogen-bond donors (Lipinski definition) is 1. The maximum absolute atomic E-state index is 12.9. The number of amides is 2. The van der Waals surface area contributed by atoms with E-state index < -0.39 is 0 Å². The van der Waals surface area contributed by atoms with Crippen LogP contribution >= 0.6 is 0 Å². The van der Waals surface area contributed by atoms with E-state index in [1.54, 1.807) is 24.4 Å². The second-order valence-corrected chi connectivity index (χ2v) is 8.49. The number of benzene rings is 2. The monoisotopic (exact) mass is 485 g/mol. The minimum Gasteiger partial charge on any atom is -0.490 e. The molecule has 1 aliphatic heterocycles. The van der Waals surface area contributed by atoms with Crippen LogP contribution in [0.5, 0.6) is 11.5 Å². The lowest BCUT2D eigenvalue weighted by molar-refractivity contribution is -0.134. The van der Waals surface area contributed by atoms with Gasteiger partial charge < -0.3 is 19.7 Å². The first-order valence-corrected chi connectivity index (χ1v) is 12.3. The van der Waals surface area contributed by atoms with Gasteiger partial charge in [0.05, 0.1) is 12.3 Å². The molecule has 7 nitrogen and oxygen atoms in total. The van der Waals surface area contributed by atoms with E-state index in [0.717, 1.165) is 43.6 Å². The molecule has 186 valence electrons. The normalized spacial score (nSPS) is 13.4. The molecule has 0 bridgehead atoms. The molecule has 0 spiro atoms. The van der Waals surface area contributed by atoms with Gasteiger partial charge in [0.25, 0.3) is 11.8 Å². The van der Waals surface area contributed by atoms with Crippen LogP contribution in [-0.4, -0.2) is 48.0 Å². The van der Waals surface area contributed by atoms with Gasteiger partial charge in [0.15, 0.2) is 18.1 Å². The maximum atomic E-state index is 12.9. The van der Waals surface area contributed by atoms with Crippen LogP contribution in [0.2, 0.25) is 0 Å². The van der Waals surface area contributed by atoms with Crippen molar-refractivity contribution in [3.05, 3.63) is 83.7 Å².